The van der Waals surface area contributed by atoms with E-state index in [1.54, 1.807) is 12.1 Å². The highest BCUT2D eigenvalue weighted by Gasteiger charge is 2.30. The lowest BCUT2D eigenvalue weighted by molar-refractivity contribution is -0.385. The maximum atomic E-state index is 10.9. The molecule has 1 aliphatic carbocycles. The van der Waals surface area contributed by atoms with E-state index in [4.69, 9.17) is 4.74 Å². The second-order valence-electron chi connectivity index (χ2n) is 4.64. The highest BCUT2D eigenvalue weighted by atomic mass is 16.6. The highest BCUT2D eigenvalue weighted by molar-refractivity contribution is 5.58. The summed E-state index contributed by atoms with van der Waals surface area (Å²) < 4.78 is 4.98. The van der Waals surface area contributed by atoms with Crippen LogP contribution in [0.4, 0.5) is 11.4 Å². The first-order valence-electron chi connectivity index (χ1n) is 6.24. The van der Waals surface area contributed by atoms with Crippen molar-refractivity contribution < 1.29 is 9.66 Å². The third-order valence-corrected chi connectivity index (χ3v) is 3.36. The normalized spacial score (nSPS) is 16.1. The Balaban J connectivity index is 2.17. The Hall–Kier alpha value is -1.78. The molecule has 0 saturated heterocycles. The van der Waals surface area contributed by atoms with Gasteiger partial charge in [0.1, 0.15) is 0 Å². The number of anilines is 1. The maximum absolute atomic E-state index is 10.9. The summed E-state index contributed by atoms with van der Waals surface area (Å²) >= 11 is 0. The molecule has 1 aromatic rings. The average Bonchev–Trinajstić information content (AvgIpc) is 3.19. The van der Waals surface area contributed by atoms with Gasteiger partial charge in [-0.25, -0.2) is 0 Å². The van der Waals surface area contributed by atoms with Crippen LogP contribution in [0.3, 0.4) is 0 Å². The molecule has 1 unspecified atom stereocenters. The van der Waals surface area contributed by atoms with E-state index in [9.17, 15) is 10.1 Å². The molecule has 0 radical (unpaired) electrons. The third-order valence-electron chi connectivity index (χ3n) is 3.36. The first-order chi connectivity index (χ1) is 8.65. The van der Waals surface area contributed by atoms with Gasteiger partial charge in [0.2, 0.25) is 0 Å². The third kappa shape index (κ3) is 2.72. The van der Waals surface area contributed by atoms with Crippen LogP contribution in [0.15, 0.2) is 18.2 Å². The van der Waals surface area contributed by atoms with E-state index in [2.05, 4.69) is 12.2 Å². The number of nitrogens with one attached hydrogen (secondary N) is 1. The summed E-state index contributed by atoms with van der Waals surface area (Å²) in [5.41, 5.74) is 0.800. The van der Waals surface area contributed by atoms with Gasteiger partial charge in [0.25, 0.3) is 0 Å². The van der Waals surface area contributed by atoms with E-state index in [-0.39, 0.29) is 5.69 Å². The summed E-state index contributed by atoms with van der Waals surface area (Å²) in [5.74, 6) is 1.01. The molecule has 1 atom stereocenters. The number of nitro benzene ring substituents is 1. The van der Waals surface area contributed by atoms with Crippen molar-refractivity contribution >= 4 is 11.4 Å². The molecule has 1 N–H and O–H groups in total. The quantitative estimate of drug-likeness (QED) is 0.622. The maximum Gasteiger partial charge on any atom is 0.312 e. The fraction of sp³-hybridized carbons (Fsp3) is 0.538. The van der Waals surface area contributed by atoms with Gasteiger partial charge in [0, 0.05) is 17.8 Å². The average molecular weight is 250 g/mol. The van der Waals surface area contributed by atoms with Gasteiger partial charge in [-0.15, -0.1) is 0 Å². The van der Waals surface area contributed by atoms with Crippen LogP contribution < -0.4 is 10.1 Å². The molecule has 1 saturated carbocycles. The Labute approximate surface area is 106 Å². The topological polar surface area (TPSA) is 64.4 Å². The second-order valence-corrected chi connectivity index (χ2v) is 4.64. The smallest absolute Gasteiger partial charge is 0.312 e. The van der Waals surface area contributed by atoms with Crippen LogP contribution in [0.2, 0.25) is 0 Å². The molecule has 0 aromatic heterocycles. The molecule has 0 heterocycles. The van der Waals surface area contributed by atoms with Gasteiger partial charge < -0.3 is 10.1 Å². The molecular weight excluding hydrogens is 232 g/mol. The van der Waals surface area contributed by atoms with Crippen LogP contribution >= 0.6 is 0 Å². The standard InChI is InChI=1S/C13H18N2O3/c1-3-11(9-4-5-9)14-10-6-7-13(18-2)12(8-10)15(16)17/h6-9,11,14H,3-5H2,1-2H3. The van der Waals surface area contributed by atoms with Gasteiger partial charge >= 0.3 is 5.69 Å². The zero-order chi connectivity index (χ0) is 13.1. The minimum absolute atomic E-state index is 0.00755. The Kier molecular flexibility index (Phi) is 3.69. The van der Waals surface area contributed by atoms with Gasteiger partial charge in [-0.1, -0.05) is 6.92 Å². The number of rotatable bonds is 6. The van der Waals surface area contributed by atoms with Crippen LogP contribution in [0.1, 0.15) is 26.2 Å². The first kappa shape index (κ1) is 12.7. The summed E-state index contributed by atoms with van der Waals surface area (Å²) in [7, 11) is 1.44. The molecule has 18 heavy (non-hydrogen) atoms. The Bertz CT molecular complexity index is 444. The monoisotopic (exact) mass is 250 g/mol. The van der Waals surface area contributed by atoms with Crippen LogP contribution in [0.5, 0.6) is 5.75 Å². The molecule has 1 fully saturated rings. The van der Waals surface area contributed by atoms with Crippen LogP contribution in [-0.2, 0) is 0 Å². The van der Waals surface area contributed by atoms with Gasteiger partial charge in [0.05, 0.1) is 12.0 Å². The molecule has 0 bridgehead atoms. The van der Waals surface area contributed by atoms with Gasteiger partial charge in [-0.2, -0.15) is 0 Å². The molecule has 0 aliphatic heterocycles. The van der Waals surface area contributed by atoms with Crippen molar-refractivity contribution in [3.05, 3.63) is 28.3 Å². The number of nitrogens with zero attached hydrogens (tertiary/aromatic N) is 1. The largest absolute Gasteiger partial charge is 0.490 e. The van der Waals surface area contributed by atoms with E-state index >= 15 is 0 Å². The van der Waals surface area contributed by atoms with E-state index in [0.29, 0.717) is 11.8 Å². The number of methoxy groups -OCH3 is 1. The zero-order valence-electron chi connectivity index (χ0n) is 10.7. The second kappa shape index (κ2) is 5.25. The predicted octanol–water partition coefficient (Wildman–Crippen LogP) is 3.20. The van der Waals surface area contributed by atoms with Crippen molar-refractivity contribution in [1.29, 1.82) is 0 Å². The van der Waals surface area contributed by atoms with Crippen molar-refractivity contribution in [3.63, 3.8) is 0 Å². The van der Waals surface area contributed by atoms with Gasteiger partial charge in [-0.05, 0) is 37.3 Å². The molecule has 98 valence electrons. The van der Waals surface area contributed by atoms with E-state index < -0.39 is 4.92 Å². The predicted molar refractivity (Wildman–Crippen MR) is 70.1 cm³/mol. The Morgan fingerprint density at radius 3 is 2.78 bits per heavy atom. The Morgan fingerprint density at radius 1 is 1.56 bits per heavy atom. The molecule has 5 heteroatoms. The molecular formula is C13H18N2O3. The number of ether oxygens (including phenoxy) is 1. The van der Waals surface area contributed by atoms with Crippen molar-refractivity contribution in [1.82, 2.24) is 0 Å². The van der Waals surface area contributed by atoms with Crippen LogP contribution in [0.25, 0.3) is 0 Å². The number of benzene rings is 1. The summed E-state index contributed by atoms with van der Waals surface area (Å²) in [4.78, 5) is 10.5. The highest BCUT2D eigenvalue weighted by Crippen LogP contribution is 2.37. The molecule has 1 aromatic carbocycles. The SMILES string of the molecule is CCC(Nc1ccc(OC)c([N+](=O)[O-])c1)C1CC1. The molecule has 0 amide bonds. The number of nitro groups is 1. The van der Waals surface area contributed by atoms with Crippen LogP contribution in [0, 0.1) is 16.0 Å². The summed E-state index contributed by atoms with van der Waals surface area (Å²) in [5, 5.41) is 14.3. The lowest BCUT2D eigenvalue weighted by Gasteiger charge is -2.17. The van der Waals surface area contributed by atoms with Gasteiger partial charge in [-0.3, -0.25) is 10.1 Å². The fourth-order valence-electron chi connectivity index (χ4n) is 2.19. The lowest BCUT2D eigenvalue weighted by atomic mass is 10.1. The number of hydrogen-bond acceptors (Lipinski definition) is 4. The Morgan fingerprint density at radius 2 is 2.28 bits per heavy atom. The van der Waals surface area contributed by atoms with Crippen LogP contribution in [-0.4, -0.2) is 18.1 Å². The summed E-state index contributed by atoms with van der Waals surface area (Å²) in [6.07, 6.45) is 3.54. The van der Waals surface area contributed by atoms with E-state index in [1.165, 1.54) is 20.0 Å². The fourth-order valence-corrected chi connectivity index (χ4v) is 2.19. The molecule has 5 nitrogen and oxygen atoms in total. The summed E-state index contributed by atoms with van der Waals surface area (Å²) in [6.45, 7) is 2.13. The van der Waals surface area contributed by atoms with Crippen molar-refractivity contribution in [2.75, 3.05) is 12.4 Å². The first-order valence-corrected chi connectivity index (χ1v) is 6.24. The lowest BCUT2D eigenvalue weighted by Crippen LogP contribution is -2.20. The zero-order valence-corrected chi connectivity index (χ0v) is 10.7. The minimum atomic E-state index is -0.415. The van der Waals surface area contributed by atoms with Crippen molar-refractivity contribution in [3.8, 4) is 5.75 Å². The number of hydrogen-bond donors (Lipinski definition) is 1. The molecule has 2 rings (SSSR count). The molecule has 1 aliphatic rings. The minimum Gasteiger partial charge on any atom is -0.490 e. The summed E-state index contributed by atoms with van der Waals surface area (Å²) in [6, 6.07) is 5.43. The van der Waals surface area contributed by atoms with Crippen molar-refractivity contribution in [2.45, 2.75) is 32.2 Å². The van der Waals surface area contributed by atoms with E-state index in [1.807, 2.05) is 6.07 Å². The van der Waals surface area contributed by atoms with Gasteiger partial charge in [0.15, 0.2) is 5.75 Å². The van der Waals surface area contributed by atoms with Crippen molar-refractivity contribution in [2.24, 2.45) is 5.92 Å². The van der Waals surface area contributed by atoms with E-state index in [0.717, 1.165) is 18.0 Å². The molecule has 0 spiro atoms.